The normalized spacial score (nSPS) is 12.6. The molecule has 0 bridgehead atoms. The van der Waals surface area contributed by atoms with Gasteiger partial charge in [-0.3, -0.25) is 4.68 Å². The van der Waals surface area contributed by atoms with Crippen molar-refractivity contribution in [2.24, 2.45) is 7.05 Å². The van der Waals surface area contributed by atoms with Crippen molar-refractivity contribution in [2.75, 3.05) is 6.54 Å². The maximum atomic E-state index is 13.4. The monoisotopic (exact) mass is 353 g/mol. The minimum absolute atomic E-state index is 0.191. The SMILES string of the molecule is CCCNC(Cc1ccc(F)c(Br)c1)c1cn(C)nc1C. The first-order valence-corrected chi connectivity index (χ1v) is 7.98. The van der Waals surface area contributed by atoms with Crippen LogP contribution >= 0.6 is 15.9 Å². The fourth-order valence-corrected chi connectivity index (χ4v) is 2.90. The van der Waals surface area contributed by atoms with E-state index >= 15 is 0 Å². The highest BCUT2D eigenvalue weighted by Gasteiger charge is 2.17. The minimum Gasteiger partial charge on any atom is -0.310 e. The van der Waals surface area contributed by atoms with Crippen molar-refractivity contribution in [1.82, 2.24) is 15.1 Å². The van der Waals surface area contributed by atoms with Gasteiger partial charge in [0.2, 0.25) is 0 Å². The van der Waals surface area contributed by atoms with Gasteiger partial charge >= 0.3 is 0 Å². The standard InChI is InChI=1S/C16H21BrFN3/c1-4-7-19-16(13-10-21(3)20-11(13)2)9-12-5-6-15(18)14(17)8-12/h5-6,8,10,16,19H,4,7,9H2,1-3H3. The number of aryl methyl sites for hydroxylation is 2. The fourth-order valence-electron chi connectivity index (χ4n) is 2.47. The predicted octanol–water partition coefficient (Wildman–Crippen LogP) is 3.91. The molecule has 0 aliphatic heterocycles. The molecule has 0 radical (unpaired) electrons. The van der Waals surface area contributed by atoms with E-state index in [1.165, 1.54) is 11.6 Å². The zero-order chi connectivity index (χ0) is 15.4. The predicted molar refractivity (Wildman–Crippen MR) is 86.8 cm³/mol. The molecule has 1 aromatic carbocycles. The molecule has 1 aromatic heterocycles. The second-order valence-corrected chi connectivity index (χ2v) is 6.16. The van der Waals surface area contributed by atoms with Crippen molar-refractivity contribution in [3.05, 3.63) is 51.5 Å². The third-order valence-corrected chi connectivity index (χ3v) is 4.10. The Morgan fingerprint density at radius 1 is 1.43 bits per heavy atom. The van der Waals surface area contributed by atoms with Gasteiger partial charge in [-0.1, -0.05) is 13.0 Å². The Hall–Kier alpha value is -1.20. The van der Waals surface area contributed by atoms with Gasteiger partial charge < -0.3 is 5.32 Å². The van der Waals surface area contributed by atoms with Crippen molar-refractivity contribution >= 4 is 15.9 Å². The fraction of sp³-hybridized carbons (Fsp3) is 0.438. The van der Waals surface area contributed by atoms with Crippen LogP contribution in [0.15, 0.2) is 28.9 Å². The molecule has 0 saturated heterocycles. The lowest BCUT2D eigenvalue weighted by Gasteiger charge is -2.18. The largest absolute Gasteiger partial charge is 0.310 e. The molecule has 1 heterocycles. The van der Waals surface area contributed by atoms with Gasteiger partial charge in [-0.05, 0) is 59.9 Å². The van der Waals surface area contributed by atoms with E-state index in [0.717, 1.165) is 30.6 Å². The number of hydrogen-bond donors (Lipinski definition) is 1. The molecule has 1 atom stereocenters. The summed E-state index contributed by atoms with van der Waals surface area (Å²) in [4.78, 5) is 0. The molecular formula is C16H21BrFN3. The van der Waals surface area contributed by atoms with Crippen LogP contribution in [0.2, 0.25) is 0 Å². The second kappa shape index (κ2) is 7.18. The first-order chi connectivity index (χ1) is 10.0. The Morgan fingerprint density at radius 2 is 2.19 bits per heavy atom. The average molecular weight is 354 g/mol. The van der Waals surface area contributed by atoms with Crippen molar-refractivity contribution in [1.29, 1.82) is 0 Å². The molecule has 5 heteroatoms. The van der Waals surface area contributed by atoms with Gasteiger partial charge in [0.15, 0.2) is 0 Å². The van der Waals surface area contributed by atoms with Crippen LogP contribution in [-0.2, 0) is 13.5 Å². The average Bonchev–Trinajstić information content (AvgIpc) is 2.77. The molecule has 2 aromatic rings. The number of aromatic nitrogens is 2. The highest BCUT2D eigenvalue weighted by Crippen LogP contribution is 2.24. The Labute approximate surface area is 133 Å². The van der Waals surface area contributed by atoms with Crippen LogP contribution in [0.3, 0.4) is 0 Å². The van der Waals surface area contributed by atoms with Gasteiger partial charge in [0, 0.05) is 24.8 Å². The number of hydrogen-bond acceptors (Lipinski definition) is 2. The van der Waals surface area contributed by atoms with Crippen molar-refractivity contribution in [3.63, 3.8) is 0 Å². The smallest absolute Gasteiger partial charge is 0.137 e. The Balaban J connectivity index is 2.23. The Morgan fingerprint density at radius 3 is 2.76 bits per heavy atom. The molecule has 114 valence electrons. The van der Waals surface area contributed by atoms with Crippen LogP contribution in [0.25, 0.3) is 0 Å². The number of nitrogens with zero attached hydrogens (tertiary/aromatic N) is 2. The molecule has 3 nitrogen and oxygen atoms in total. The Bertz CT molecular complexity index is 610. The summed E-state index contributed by atoms with van der Waals surface area (Å²) in [7, 11) is 1.93. The topological polar surface area (TPSA) is 29.9 Å². The van der Waals surface area contributed by atoms with Crippen LogP contribution in [-0.4, -0.2) is 16.3 Å². The maximum absolute atomic E-state index is 13.4. The van der Waals surface area contributed by atoms with Crippen molar-refractivity contribution in [3.8, 4) is 0 Å². The van der Waals surface area contributed by atoms with Gasteiger partial charge in [0.1, 0.15) is 5.82 Å². The summed E-state index contributed by atoms with van der Waals surface area (Å²) in [5.41, 5.74) is 3.33. The summed E-state index contributed by atoms with van der Waals surface area (Å²) in [6, 6.07) is 5.39. The molecule has 0 fully saturated rings. The molecular weight excluding hydrogens is 333 g/mol. The minimum atomic E-state index is -0.227. The summed E-state index contributed by atoms with van der Waals surface area (Å²) in [5.74, 6) is -0.227. The summed E-state index contributed by atoms with van der Waals surface area (Å²) >= 11 is 3.25. The molecule has 21 heavy (non-hydrogen) atoms. The lowest BCUT2D eigenvalue weighted by atomic mass is 9.99. The molecule has 1 N–H and O–H groups in total. The number of rotatable bonds is 6. The third-order valence-electron chi connectivity index (χ3n) is 3.49. The van der Waals surface area contributed by atoms with Crippen molar-refractivity contribution in [2.45, 2.75) is 32.7 Å². The molecule has 2 rings (SSSR count). The molecule has 0 amide bonds. The summed E-state index contributed by atoms with van der Waals surface area (Å²) in [5, 5.41) is 7.98. The molecule has 0 aliphatic carbocycles. The van der Waals surface area contributed by atoms with E-state index in [4.69, 9.17) is 0 Å². The molecule has 0 spiro atoms. The van der Waals surface area contributed by atoms with Crippen LogP contribution in [0.5, 0.6) is 0 Å². The van der Waals surface area contributed by atoms with Crippen LogP contribution in [0.4, 0.5) is 4.39 Å². The zero-order valence-corrected chi connectivity index (χ0v) is 14.2. The van der Waals surface area contributed by atoms with Crippen LogP contribution < -0.4 is 5.32 Å². The number of nitrogens with one attached hydrogen (secondary N) is 1. The third kappa shape index (κ3) is 4.14. The van der Waals surface area contributed by atoms with E-state index in [1.54, 1.807) is 0 Å². The van der Waals surface area contributed by atoms with Gasteiger partial charge in [0.05, 0.1) is 10.2 Å². The molecule has 0 saturated carbocycles. The first-order valence-electron chi connectivity index (χ1n) is 7.18. The quantitative estimate of drug-likeness (QED) is 0.852. The maximum Gasteiger partial charge on any atom is 0.137 e. The lowest BCUT2D eigenvalue weighted by molar-refractivity contribution is 0.526. The van der Waals surface area contributed by atoms with Crippen LogP contribution in [0.1, 0.15) is 36.2 Å². The summed E-state index contributed by atoms with van der Waals surface area (Å²) in [6.07, 6.45) is 3.94. The van der Waals surface area contributed by atoms with E-state index in [1.807, 2.05) is 30.8 Å². The van der Waals surface area contributed by atoms with Crippen LogP contribution in [0, 0.1) is 12.7 Å². The lowest BCUT2D eigenvalue weighted by Crippen LogP contribution is -2.24. The van der Waals surface area contributed by atoms with E-state index in [9.17, 15) is 4.39 Å². The molecule has 0 aliphatic rings. The number of benzene rings is 1. The first kappa shape index (κ1) is 16.2. The zero-order valence-electron chi connectivity index (χ0n) is 12.7. The van der Waals surface area contributed by atoms with Gasteiger partial charge in [-0.25, -0.2) is 4.39 Å². The van der Waals surface area contributed by atoms with E-state index in [2.05, 4.69) is 39.5 Å². The van der Waals surface area contributed by atoms with Gasteiger partial charge in [0.25, 0.3) is 0 Å². The molecule has 1 unspecified atom stereocenters. The van der Waals surface area contributed by atoms with Gasteiger partial charge in [-0.15, -0.1) is 0 Å². The summed E-state index contributed by atoms with van der Waals surface area (Å²) < 4.78 is 15.7. The van der Waals surface area contributed by atoms with Gasteiger partial charge in [-0.2, -0.15) is 5.10 Å². The summed E-state index contributed by atoms with van der Waals surface area (Å²) in [6.45, 7) is 5.12. The van der Waals surface area contributed by atoms with E-state index in [0.29, 0.717) is 4.47 Å². The second-order valence-electron chi connectivity index (χ2n) is 5.30. The highest BCUT2D eigenvalue weighted by molar-refractivity contribution is 9.10. The number of halogens is 2. The van der Waals surface area contributed by atoms with E-state index in [-0.39, 0.29) is 11.9 Å². The van der Waals surface area contributed by atoms with Crippen molar-refractivity contribution < 1.29 is 4.39 Å². The van der Waals surface area contributed by atoms with E-state index < -0.39 is 0 Å². The Kier molecular flexibility index (Phi) is 5.53. The highest BCUT2D eigenvalue weighted by atomic mass is 79.9.